The van der Waals surface area contributed by atoms with Crippen molar-refractivity contribution in [2.24, 2.45) is 5.73 Å². The second kappa shape index (κ2) is 4.46. The molecule has 6 heteroatoms. The molecule has 1 unspecified atom stereocenters. The van der Waals surface area contributed by atoms with Crippen molar-refractivity contribution in [2.45, 2.75) is 12.5 Å². The van der Waals surface area contributed by atoms with Crippen molar-refractivity contribution in [3.05, 3.63) is 28.7 Å². The summed E-state index contributed by atoms with van der Waals surface area (Å²) in [6, 6.07) is -0.861. The van der Waals surface area contributed by atoms with Crippen LogP contribution in [0.1, 0.15) is 5.56 Å². The van der Waals surface area contributed by atoms with E-state index < -0.39 is 12.0 Å². The number of carbonyl (C=O) groups is 1. The van der Waals surface area contributed by atoms with E-state index in [0.29, 0.717) is 6.42 Å². The summed E-state index contributed by atoms with van der Waals surface area (Å²) in [7, 11) is 0. The zero-order valence-electron chi connectivity index (χ0n) is 8.38. The summed E-state index contributed by atoms with van der Waals surface area (Å²) in [6.07, 6.45) is 3.81. The molecule has 0 spiro atoms. The maximum atomic E-state index is 10.7. The number of nitrogens with one attached hydrogen (secondary N) is 1. The lowest BCUT2D eigenvalue weighted by molar-refractivity contribution is -0.138. The fraction of sp³-hybridized carbons (Fsp3) is 0.200. The van der Waals surface area contributed by atoms with Gasteiger partial charge in [-0.25, -0.2) is 0 Å². The Morgan fingerprint density at radius 3 is 3.06 bits per heavy atom. The molecule has 0 aromatic carbocycles. The average Bonchev–Trinajstić information content (AvgIpc) is 2.85. The second-order valence-corrected chi connectivity index (χ2v) is 4.19. The average molecular weight is 237 g/mol. The number of aromatic amines is 1. The van der Waals surface area contributed by atoms with Crippen molar-refractivity contribution in [1.29, 1.82) is 0 Å². The molecule has 0 saturated carbocycles. The molecule has 0 bridgehead atoms. The Hall–Kier alpha value is -1.66. The summed E-state index contributed by atoms with van der Waals surface area (Å²) < 4.78 is 0. The van der Waals surface area contributed by atoms with Crippen LogP contribution in [-0.2, 0) is 11.2 Å². The highest BCUT2D eigenvalue weighted by molar-refractivity contribution is 7.08. The van der Waals surface area contributed by atoms with Gasteiger partial charge in [0, 0.05) is 11.8 Å². The van der Waals surface area contributed by atoms with Gasteiger partial charge >= 0.3 is 5.97 Å². The van der Waals surface area contributed by atoms with E-state index in [9.17, 15) is 4.79 Å². The normalized spacial score (nSPS) is 12.6. The van der Waals surface area contributed by atoms with Gasteiger partial charge in [-0.05, 0) is 28.3 Å². The zero-order valence-corrected chi connectivity index (χ0v) is 9.20. The Bertz CT molecular complexity index is 478. The molecule has 2 heterocycles. The topological polar surface area (TPSA) is 92.0 Å². The lowest BCUT2D eigenvalue weighted by Crippen LogP contribution is -2.32. The van der Waals surface area contributed by atoms with Crippen LogP contribution in [0, 0.1) is 0 Å². The third-order valence-corrected chi connectivity index (χ3v) is 3.10. The number of hydrogen-bond acceptors (Lipinski definition) is 4. The Labute approximate surface area is 95.9 Å². The van der Waals surface area contributed by atoms with Crippen LogP contribution in [-0.4, -0.2) is 27.3 Å². The first-order chi connectivity index (χ1) is 7.68. The van der Waals surface area contributed by atoms with Crippen molar-refractivity contribution >= 4 is 17.3 Å². The van der Waals surface area contributed by atoms with Gasteiger partial charge in [-0.3, -0.25) is 9.89 Å². The number of hydrogen-bond donors (Lipinski definition) is 3. The van der Waals surface area contributed by atoms with Crippen LogP contribution in [0.3, 0.4) is 0 Å². The van der Waals surface area contributed by atoms with Crippen LogP contribution in [0.4, 0.5) is 0 Å². The summed E-state index contributed by atoms with van der Waals surface area (Å²) in [5, 5.41) is 19.2. The van der Waals surface area contributed by atoms with Gasteiger partial charge in [-0.1, -0.05) is 0 Å². The summed E-state index contributed by atoms with van der Waals surface area (Å²) in [6.45, 7) is 0. The Balaban J connectivity index is 2.23. The lowest BCUT2D eigenvalue weighted by atomic mass is 10.0. The van der Waals surface area contributed by atoms with Gasteiger partial charge in [-0.2, -0.15) is 16.4 Å². The summed E-state index contributed by atoms with van der Waals surface area (Å²) in [5.41, 5.74) is 8.41. The van der Waals surface area contributed by atoms with Crippen LogP contribution in [0.2, 0.25) is 0 Å². The van der Waals surface area contributed by atoms with E-state index in [0.717, 1.165) is 16.7 Å². The summed E-state index contributed by atoms with van der Waals surface area (Å²) in [4.78, 5) is 10.7. The van der Waals surface area contributed by atoms with Crippen LogP contribution in [0.25, 0.3) is 11.1 Å². The quantitative estimate of drug-likeness (QED) is 0.742. The van der Waals surface area contributed by atoms with Crippen molar-refractivity contribution in [3.8, 4) is 11.1 Å². The molecule has 2 aromatic heterocycles. The predicted molar refractivity (Wildman–Crippen MR) is 61.2 cm³/mol. The van der Waals surface area contributed by atoms with E-state index in [1.54, 1.807) is 12.4 Å². The van der Waals surface area contributed by atoms with Crippen molar-refractivity contribution < 1.29 is 9.90 Å². The van der Waals surface area contributed by atoms with E-state index >= 15 is 0 Å². The molecule has 0 aliphatic carbocycles. The highest BCUT2D eigenvalue weighted by atomic mass is 32.1. The molecule has 1 atom stereocenters. The predicted octanol–water partition coefficient (Wildman–Crippen LogP) is 1.09. The number of aromatic nitrogens is 2. The van der Waals surface area contributed by atoms with E-state index in [4.69, 9.17) is 10.8 Å². The smallest absolute Gasteiger partial charge is 0.320 e. The van der Waals surface area contributed by atoms with E-state index in [1.807, 2.05) is 10.8 Å². The molecule has 5 nitrogen and oxygen atoms in total. The largest absolute Gasteiger partial charge is 0.480 e. The van der Waals surface area contributed by atoms with Gasteiger partial charge in [0.2, 0.25) is 0 Å². The number of carboxylic acid groups (broad SMARTS) is 1. The summed E-state index contributed by atoms with van der Waals surface area (Å²) in [5.74, 6) is -0.982. The maximum Gasteiger partial charge on any atom is 0.320 e. The number of nitrogens with two attached hydrogens (primary N) is 1. The molecule has 0 fully saturated rings. The Morgan fingerprint density at radius 2 is 2.44 bits per heavy atom. The molecular weight excluding hydrogens is 226 g/mol. The van der Waals surface area contributed by atoms with E-state index in [1.165, 1.54) is 11.3 Å². The van der Waals surface area contributed by atoms with Crippen LogP contribution >= 0.6 is 11.3 Å². The maximum absolute atomic E-state index is 10.7. The molecule has 4 N–H and O–H groups in total. The fourth-order valence-corrected chi connectivity index (χ4v) is 2.34. The number of H-pyrrole nitrogens is 1. The Morgan fingerprint density at radius 1 is 1.62 bits per heavy atom. The fourth-order valence-electron chi connectivity index (χ4n) is 1.46. The monoisotopic (exact) mass is 237 g/mol. The third-order valence-electron chi connectivity index (χ3n) is 2.31. The first-order valence-electron chi connectivity index (χ1n) is 4.71. The molecule has 2 rings (SSSR count). The minimum atomic E-state index is -0.982. The minimum Gasteiger partial charge on any atom is -0.480 e. The van der Waals surface area contributed by atoms with Crippen molar-refractivity contribution in [2.75, 3.05) is 0 Å². The standard InChI is InChI=1S/C10H11N3O2S/c11-9(10(14)15)1-6-4-16-5-8(6)7-2-12-13-3-7/h2-5,9H,1,11H2,(H,12,13)(H,14,15). The van der Waals surface area contributed by atoms with E-state index in [-0.39, 0.29) is 0 Å². The highest BCUT2D eigenvalue weighted by Gasteiger charge is 2.16. The van der Waals surface area contributed by atoms with Crippen molar-refractivity contribution in [3.63, 3.8) is 0 Å². The SMILES string of the molecule is NC(Cc1cscc1-c1cn[nH]c1)C(=O)O. The van der Waals surface area contributed by atoms with Gasteiger partial charge in [0.1, 0.15) is 6.04 Å². The third kappa shape index (κ3) is 2.12. The van der Waals surface area contributed by atoms with E-state index in [2.05, 4.69) is 10.2 Å². The number of aliphatic carboxylic acids is 1. The second-order valence-electron chi connectivity index (χ2n) is 3.45. The number of thiophene rings is 1. The first kappa shape index (κ1) is 10.8. The number of rotatable bonds is 4. The molecule has 84 valence electrons. The minimum absolute atomic E-state index is 0.333. The van der Waals surface area contributed by atoms with Gasteiger partial charge < -0.3 is 10.8 Å². The molecule has 16 heavy (non-hydrogen) atoms. The van der Waals surface area contributed by atoms with Crippen LogP contribution in [0.15, 0.2) is 23.2 Å². The molecule has 0 saturated heterocycles. The van der Waals surface area contributed by atoms with Gasteiger partial charge in [-0.15, -0.1) is 0 Å². The first-order valence-corrected chi connectivity index (χ1v) is 5.65. The van der Waals surface area contributed by atoms with Gasteiger partial charge in [0.15, 0.2) is 0 Å². The highest BCUT2D eigenvalue weighted by Crippen LogP contribution is 2.27. The molecule has 0 aliphatic heterocycles. The summed E-state index contributed by atoms with van der Waals surface area (Å²) >= 11 is 1.53. The lowest BCUT2D eigenvalue weighted by Gasteiger charge is -2.06. The molecular formula is C10H11N3O2S. The zero-order chi connectivity index (χ0) is 11.5. The van der Waals surface area contributed by atoms with Crippen LogP contribution in [0.5, 0.6) is 0 Å². The Kier molecular flexibility index (Phi) is 3.02. The number of carboxylic acids is 1. The molecule has 0 amide bonds. The molecule has 0 radical (unpaired) electrons. The number of nitrogens with zero attached hydrogens (tertiary/aromatic N) is 1. The van der Waals surface area contributed by atoms with Gasteiger partial charge in [0.25, 0.3) is 0 Å². The molecule has 2 aromatic rings. The van der Waals surface area contributed by atoms with Crippen molar-refractivity contribution in [1.82, 2.24) is 10.2 Å². The van der Waals surface area contributed by atoms with Crippen LogP contribution < -0.4 is 5.73 Å². The van der Waals surface area contributed by atoms with Gasteiger partial charge in [0.05, 0.1) is 6.20 Å². The molecule has 0 aliphatic rings.